The lowest BCUT2D eigenvalue weighted by molar-refractivity contribution is 0.0299. The zero-order valence-electron chi connectivity index (χ0n) is 14.7. The van der Waals surface area contributed by atoms with Gasteiger partial charge in [-0.25, -0.2) is 0 Å². The van der Waals surface area contributed by atoms with Crippen molar-refractivity contribution in [2.75, 3.05) is 32.8 Å². The topological polar surface area (TPSA) is 71.5 Å². The molecular weight excluding hydrogens is 330 g/mol. The smallest absolute Gasteiger partial charge is 0.272 e. The van der Waals surface area contributed by atoms with Crippen LogP contribution in [0.4, 0.5) is 0 Å². The average Bonchev–Trinajstić information content (AvgIpc) is 2.72. The number of morpholine rings is 1. The molecule has 2 amide bonds. The summed E-state index contributed by atoms with van der Waals surface area (Å²) in [5.74, 6) is -0.344. The van der Waals surface area contributed by atoms with Gasteiger partial charge in [-0.3, -0.25) is 14.6 Å². The van der Waals surface area contributed by atoms with Crippen molar-refractivity contribution in [3.8, 4) is 0 Å². The van der Waals surface area contributed by atoms with E-state index < -0.39 is 0 Å². The predicted molar refractivity (Wildman–Crippen MR) is 98.1 cm³/mol. The minimum absolute atomic E-state index is 0.160. The number of ether oxygens (including phenoxy) is 1. The molecule has 1 N–H and O–H groups in total. The first kappa shape index (κ1) is 18.1. The Balaban J connectivity index is 1.52. The summed E-state index contributed by atoms with van der Waals surface area (Å²) in [4.78, 5) is 30.6. The van der Waals surface area contributed by atoms with Crippen LogP contribution in [0.15, 0.2) is 48.7 Å². The number of aromatic nitrogens is 1. The summed E-state index contributed by atoms with van der Waals surface area (Å²) in [5.41, 5.74) is 2.00. The molecule has 1 aliphatic heterocycles. The summed E-state index contributed by atoms with van der Waals surface area (Å²) < 4.78 is 5.26. The van der Waals surface area contributed by atoms with Crippen LogP contribution in [0, 0.1) is 0 Å². The molecule has 1 saturated heterocycles. The van der Waals surface area contributed by atoms with Gasteiger partial charge < -0.3 is 15.0 Å². The van der Waals surface area contributed by atoms with Crippen LogP contribution in [-0.4, -0.2) is 54.5 Å². The van der Waals surface area contributed by atoms with Crippen molar-refractivity contribution >= 4 is 11.8 Å². The van der Waals surface area contributed by atoms with Crippen LogP contribution < -0.4 is 5.32 Å². The first-order valence-corrected chi connectivity index (χ1v) is 8.89. The normalized spacial score (nSPS) is 14.1. The van der Waals surface area contributed by atoms with Crippen LogP contribution in [0.2, 0.25) is 0 Å². The second kappa shape index (κ2) is 9.10. The number of nitrogens with zero attached hydrogens (tertiary/aromatic N) is 2. The molecule has 3 rings (SSSR count). The zero-order valence-corrected chi connectivity index (χ0v) is 14.7. The van der Waals surface area contributed by atoms with E-state index in [1.54, 1.807) is 17.0 Å². The Hall–Kier alpha value is -2.73. The van der Waals surface area contributed by atoms with Crippen LogP contribution in [0.25, 0.3) is 0 Å². The molecule has 6 nitrogen and oxygen atoms in total. The SMILES string of the molecule is O=C(NCCCc1ccccc1)c1ccnc(C(=O)N2CCOCC2)c1. The molecule has 2 aromatic rings. The maximum atomic E-state index is 12.5. The number of hydrogen-bond acceptors (Lipinski definition) is 4. The summed E-state index contributed by atoms with van der Waals surface area (Å²) in [6.45, 7) is 2.76. The Morgan fingerprint density at radius 2 is 1.88 bits per heavy atom. The molecule has 0 aliphatic carbocycles. The van der Waals surface area contributed by atoms with Crippen molar-refractivity contribution < 1.29 is 14.3 Å². The van der Waals surface area contributed by atoms with Gasteiger partial charge in [0, 0.05) is 31.4 Å². The third-order valence-corrected chi connectivity index (χ3v) is 4.31. The Morgan fingerprint density at radius 3 is 2.65 bits per heavy atom. The van der Waals surface area contributed by atoms with Gasteiger partial charge in [0.1, 0.15) is 5.69 Å². The highest BCUT2D eigenvalue weighted by Gasteiger charge is 2.20. The fraction of sp³-hybridized carbons (Fsp3) is 0.350. The second-order valence-electron chi connectivity index (χ2n) is 6.18. The van der Waals surface area contributed by atoms with E-state index in [4.69, 9.17) is 4.74 Å². The maximum Gasteiger partial charge on any atom is 0.272 e. The molecule has 0 saturated carbocycles. The predicted octanol–water partition coefficient (Wildman–Crippen LogP) is 1.92. The number of rotatable bonds is 6. The lowest BCUT2D eigenvalue weighted by Crippen LogP contribution is -2.41. The average molecular weight is 353 g/mol. The Kier molecular flexibility index (Phi) is 6.33. The Bertz CT molecular complexity index is 743. The number of hydrogen-bond donors (Lipinski definition) is 1. The largest absolute Gasteiger partial charge is 0.378 e. The lowest BCUT2D eigenvalue weighted by atomic mass is 10.1. The van der Waals surface area contributed by atoms with Crippen LogP contribution in [0.1, 0.15) is 32.8 Å². The molecule has 0 radical (unpaired) electrons. The van der Waals surface area contributed by atoms with Gasteiger partial charge in [-0.15, -0.1) is 0 Å². The first-order chi connectivity index (χ1) is 12.7. The third kappa shape index (κ3) is 4.89. The van der Waals surface area contributed by atoms with Crippen molar-refractivity contribution in [2.24, 2.45) is 0 Å². The molecule has 6 heteroatoms. The highest BCUT2D eigenvalue weighted by molar-refractivity contribution is 5.98. The van der Waals surface area contributed by atoms with E-state index in [9.17, 15) is 9.59 Å². The molecule has 0 unspecified atom stereocenters. The quantitative estimate of drug-likeness (QED) is 0.806. The lowest BCUT2D eigenvalue weighted by Gasteiger charge is -2.26. The van der Waals surface area contributed by atoms with E-state index in [-0.39, 0.29) is 11.8 Å². The number of carbonyl (C=O) groups excluding carboxylic acids is 2. The number of benzene rings is 1. The number of nitrogens with one attached hydrogen (secondary N) is 1. The molecule has 2 heterocycles. The maximum absolute atomic E-state index is 12.5. The summed E-state index contributed by atoms with van der Waals surface area (Å²) in [5, 5.41) is 2.90. The third-order valence-electron chi connectivity index (χ3n) is 4.31. The van der Waals surface area contributed by atoms with E-state index in [2.05, 4.69) is 22.4 Å². The summed E-state index contributed by atoms with van der Waals surface area (Å²) in [6.07, 6.45) is 3.28. The van der Waals surface area contributed by atoms with Crippen LogP contribution in [0.3, 0.4) is 0 Å². The van der Waals surface area contributed by atoms with Gasteiger partial charge >= 0.3 is 0 Å². The minimum Gasteiger partial charge on any atom is -0.378 e. The molecule has 136 valence electrons. The second-order valence-corrected chi connectivity index (χ2v) is 6.18. The molecule has 1 aromatic heterocycles. The number of aryl methyl sites for hydroxylation is 1. The van der Waals surface area contributed by atoms with E-state index >= 15 is 0 Å². The number of carbonyl (C=O) groups is 2. The monoisotopic (exact) mass is 353 g/mol. The Morgan fingerprint density at radius 1 is 1.12 bits per heavy atom. The van der Waals surface area contributed by atoms with E-state index in [1.165, 1.54) is 11.8 Å². The van der Waals surface area contributed by atoms with Gasteiger partial charge in [-0.05, 0) is 30.5 Å². The number of amides is 2. The molecule has 1 aromatic carbocycles. The standard InChI is InChI=1S/C20H23N3O3/c24-19(22-9-4-7-16-5-2-1-3-6-16)17-8-10-21-18(15-17)20(25)23-11-13-26-14-12-23/h1-3,5-6,8,10,15H,4,7,9,11-14H2,(H,22,24). The fourth-order valence-electron chi connectivity index (χ4n) is 2.86. The van der Waals surface area contributed by atoms with Gasteiger partial charge in [0.25, 0.3) is 11.8 Å². The number of pyridine rings is 1. The van der Waals surface area contributed by atoms with Gasteiger partial charge in [-0.1, -0.05) is 30.3 Å². The molecule has 1 fully saturated rings. The van der Waals surface area contributed by atoms with E-state index in [0.717, 1.165) is 12.8 Å². The minimum atomic E-state index is -0.184. The highest BCUT2D eigenvalue weighted by atomic mass is 16.5. The molecule has 0 spiro atoms. The highest BCUT2D eigenvalue weighted by Crippen LogP contribution is 2.08. The zero-order chi connectivity index (χ0) is 18.2. The molecular formula is C20H23N3O3. The molecule has 0 atom stereocenters. The van der Waals surface area contributed by atoms with E-state index in [0.29, 0.717) is 44.1 Å². The summed E-state index contributed by atoms with van der Waals surface area (Å²) in [7, 11) is 0. The van der Waals surface area contributed by atoms with Crippen molar-refractivity contribution in [3.63, 3.8) is 0 Å². The van der Waals surface area contributed by atoms with Crippen LogP contribution >= 0.6 is 0 Å². The first-order valence-electron chi connectivity index (χ1n) is 8.89. The van der Waals surface area contributed by atoms with Crippen LogP contribution in [-0.2, 0) is 11.2 Å². The molecule has 26 heavy (non-hydrogen) atoms. The van der Waals surface area contributed by atoms with Crippen molar-refractivity contribution in [1.82, 2.24) is 15.2 Å². The van der Waals surface area contributed by atoms with Crippen molar-refractivity contribution in [2.45, 2.75) is 12.8 Å². The van der Waals surface area contributed by atoms with Gasteiger partial charge in [-0.2, -0.15) is 0 Å². The molecule has 0 bridgehead atoms. The summed E-state index contributed by atoms with van der Waals surface area (Å²) >= 11 is 0. The van der Waals surface area contributed by atoms with Gasteiger partial charge in [0.05, 0.1) is 13.2 Å². The molecule has 1 aliphatic rings. The summed E-state index contributed by atoms with van der Waals surface area (Å²) in [6, 6.07) is 13.4. The van der Waals surface area contributed by atoms with Gasteiger partial charge in [0.15, 0.2) is 0 Å². The van der Waals surface area contributed by atoms with Gasteiger partial charge in [0.2, 0.25) is 0 Å². The Labute approximate surface area is 153 Å². The van der Waals surface area contributed by atoms with Crippen molar-refractivity contribution in [1.29, 1.82) is 0 Å². The van der Waals surface area contributed by atoms with Crippen LogP contribution in [0.5, 0.6) is 0 Å². The van der Waals surface area contributed by atoms with E-state index in [1.807, 2.05) is 18.2 Å². The van der Waals surface area contributed by atoms with Crippen molar-refractivity contribution in [3.05, 3.63) is 65.5 Å². The fourth-order valence-corrected chi connectivity index (χ4v) is 2.86.